The number of ether oxygens (including phenoxy) is 1. The molecule has 0 radical (unpaired) electrons. The van der Waals surface area contributed by atoms with Crippen molar-refractivity contribution in [1.29, 1.82) is 0 Å². The summed E-state index contributed by atoms with van der Waals surface area (Å²) in [5.74, 6) is 1.56. The van der Waals surface area contributed by atoms with Crippen LogP contribution >= 0.6 is 0 Å². The summed E-state index contributed by atoms with van der Waals surface area (Å²) in [7, 11) is -2.57. The number of aryl methyl sites for hydroxylation is 1. The van der Waals surface area contributed by atoms with Crippen molar-refractivity contribution in [3.63, 3.8) is 0 Å². The molecule has 0 saturated heterocycles. The maximum absolute atomic E-state index is 13.5. The second-order valence-corrected chi connectivity index (χ2v) is 11.9. The lowest BCUT2D eigenvalue weighted by Gasteiger charge is -2.21. The van der Waals surface area contributed by atoms with Gasteiger partial charge in [0, 0.05) is 19.5 Å². The van der Waals surface area contributed by atoms with Crippen molar-refractivity contribution in [1.82, 2.24) is 23.9 Å². The van der Waals surface area contributed by atoms with Crippen molar-refractivity contribution < 1.29 is 18.3 Å². The molecule has 1 aliphatic carbocycles. The number of hydrogen-bond acceptors (Lipinski definition) is 7. The summed E-state index contributed by atoms with van der Waals surface area (Å²) in [6.07, 6.45) is 3.20. The number of aromatic nitrogens is 4. The molecule has 4 aromatic rings. The highest BCUT2D eigenvalue weighted by Gasteiger charge is 2.28. The normalized spacial score (nSPS) is 15.3. The van der Waals surface area contributed by atoms with Crippen LogP contribution in [0.25, 0.3) is 16.9 Å². The van der Waals surface area contributed by atoms with Gasteiger partial charge in [-0.15, -0.1) is 5.10 Å². The van der Waals surface area contributed by atoms with E-state index in [1.165, 1.54) is 19.2 Å². The molecule has 1 atom stereocenters. The van der Waals surface area contributed by atoms with Gasteiger partial charge < -0.3 is 14.8 Å². The van der Waals surface area contributed by atoms with Gasteiger partial charge in [0.15, 0.2) is 11.3 Å². The van der Waals surface area contributed by atoms with E-state index in [1.807, 2.05) is 13.0 Å². The fourth-order valence-corrected chi connectivity index (χ4v) is 6.41. The van der Waals surface area contributed by atoms with E-state index in [2.05, 4.69) is 9.97 Å². The van der Waals surface area contributed by atoms with Crippen LogP contribution in [0.5, 0.6) is 5.75 Å². The van der Waals surface area contributed by atoms with Gasteiger partial charge in [-0.25, -0.2) is 17.9 Å². The zero-order valence-electron chi connectivity index (χ0n) is 22.3. The number of aromatic amines is 1. The third-order valence-electron chi connectivity index (χ3n) is 7.25. The van der Waals surface area contributed by atoms with Crippen LogP contribution in [0.4, 0.5) is 0 Å². The number of likely N-dealkylation sites (N-methyl/N-ethyl adjacent to an activating group) is 1. The molecule has 0 aliphatic heterocycles. The maximum Gasteiger partial charge on any atom is 0.277 e. The lowest BCUT2D eigenvalue weighted by atomic mass is 10.1. The third-order valence-corrected chi connectivity index (χ3v) is 9.07. The quantitative estimate of drug-likeness (QED) is 0.324. The Kier molecular flexibility index (Phi) is 7.57. The Balaban J connectivity index is 1.56. The third kappa shape index (κ3) is 5.21. The van der Waals surface area contributed by atoms with Crippen molar-refractivity contribution >= 4 is 15.5 Å². The number of nitrogens with zero attached hydrogens (tertiary/aromatic N) is 4. The summed E-state index contributed by atoms with van der Waals surface area (Å²) in [4.78, 5) is 20.7. The van der Waals surface area contributed by atoms with Gasteiger partial charge in [0.2, 0.25) is 10.0 Å². The molecular weight excluding hydrogens is 518 g/mol. The molecule has 5 rings (SSSR count). The molecule has 0 bridgehead atoms. The van der Waals surface area contributed by atoms with E-state index in [0.717, 1.165) is 35.8 Å². The van der Waals surface area contributed by atoms with E-state index in [4.69, 9.17) is 9.84 Å². The molecule has 10 nitrogen and oxygen atoms in total. The first-order valence-corrected chi connectivity index (χ1v) is 14.6. The summed E-state index contributed by atoms with van der Waals surface area (Å²) >= 11 is 0. The molecule has 1 aliphatic rings. The smallest absolute Gasteiger partial charge is 0.277 e. The van der Waals surface area contributed by atoms with Crippen LogP contribution in [-0.2, 0) is 10.0 Å². The summed E-state index contributed by atoms with van der Waals surface area (Å²) < 4.78 is 35.6. The van der Waals surface area contributed by atoms with Crippen LogP contribution in [0.2, 0.25) is 0 Å². The minimum absolute atomic E-state index is 0.00992. The van der Waals surface area contributed by atoms with Gasteiger partial charge in [-0.2, -0.15) is 4.31 Å². The summed E-state index contributed by atoms with van der Waals surface area (Å²) in [6.45, 7) is 3.83. The van der Waals surface area contributed by atoms with Gasteiger partial charge in [-0.1, -0.05) is 43.2 Å². The Bertz CT molecular complexity index is 1640. The first-order chi connectivity index (χ1) is 18.7. The number of hydrogen-bond donors (Lipinski definition) is 2. The van der Waals surface area contributed by atoms with E-state index in [-0.39, 0.29) is 28.7 Å². The van der Waals surface area contributed by atoms with E-state index in [0.29, 0.717) is 34.7 Å². The Morgan fingerprint density at radius 2 is 1.90 bits per heavy atom. The summed E-state index contributed by atoms with van der Waals surface area (Å²) in [5, 5.41) is 15.4. The van der Waals surface area contributed by atoms with Crippen LogP contribution in [0.1, 0.15) is 61.7 Å². The molecule has 2 aromatic heterocycles. The number of benzene rings is 2. The number of aliphatic hydroxyl groups is 1. The van der Waals surface area contributed by atoms with Crippen molar-refractivity contribution in [2.75, 3.05) is 20.2 Å². The minimum atomic E-state index is -4.00. The highest BCUT2D eigenvalue weighted by Crippen LogP contribution is 2.35. The van der Waals surface area contributed by atoms with Gasteiger partial charge in [-0.3, -0.25) is 4.79 Å². The van der Waals surface area contributed by atoms with Gasteiger partial charge >= 0.3 is 0 Å². The fourth-order valence-electron chi connectivity index (χ4n) is 5.20. The van der Waals surface area contributed by atoms with Crippen LogP contribution in [0.15, 0.2) is 58.2 Å². The van der Waals surface area contributed by atoms with Crippen molar-refractivity contribution in [3.8, 4) is 17.1 Å². The van der Waals surface area contributed by atoms with Gasteiger partial charge in [0.05, 0.1) is 28.9 Å². The Labute approximate surface area is 227 Å². The summed E-state index contributed by atoms with van der Waals surface area (Å²) in [5.41, 5.74) is 1.61. The standard InChI is InChI=1S/C28H33N5O5S/c1-4-38-24-15-14-21(39(36,37)32(3)17-23(34)19-10-6-5-7-11-19)16-22(24)26-30-28(35)25-18(2)29-27(33(25)31-26)20-12-8-9-13-20/h5-7,10-11,14-16,20,23,34H,4,8-9,12-13,17H2,1-3H3,(H,30,31,35). The first-order valence-electron chi connectivity index (χ1n) is 13.2. The molecule has 206 valence electrons. The molecule has 0 spiro atoms. The van der Waals surface area contributed by atoms with Crippen molar-refractivity contribution in [3.05, 3.63) is 76.0 Å². The molecule has 2 N–H and O–H groups in total. The largest absolute Gasteiger partial charge is 0.493 e. The lowest BCUT2D eigenvalue weighted by Crippen LogP contribution is -2.31. The Morgan fingerprint density at radius 1 is 1.18 bits per heavy atom. The minimum Gasteiger partial charge on any atom is -0.493 e. The highest BCUT2D eigenvalue weighted by atomic mass is 32.2. The highest BCUT2D eigenvalue weighted by molar-refractivity contribution is 7.89. The van der Waals surface area contributed by atoms with Crippen LogP contribution in [-0.4, -0.2) is 57.6 Å². The zero-order chi connectivity index (χ0) is 27.7. The second kappa shape index (κ2) is 10.9. The molecule has 11 heteroatoms. The van der Waals surface area contributed by atoms with Crippen molar-refractivity contribution in [2.45, 2.75) is 56.4 Å². The number of H-pyrrole nitrogens is 1. The number of nitrogens with one attached hydrogen (secondary N) is 1. The van der Waals surface area contributed by atoms with E-state index < -0.39 is 16.1 Å². The molecule has 1 fully saturated rings. The fraction of sp³-hybridized carbons (Fsp3) is 0.393. The van der Waals surface area contributed by atoms with Crippen LogP contribution < -0.4 is 10.3 Å². The van der Waals surface area contributed by atoms with E-state index >= 15 is 0 Å². The molecule has 39 heavy (non-hydrogen) atoms. The number of aliphatic hydroxyl groups excluding tert-OH is 1. The molecule has 2 aromatic carbocycles. The Hall–Kier alpha value is -3.54. The van der Waals surface area contributed by atoms with E-state index in [9.17, 15) is 18.3 Å². The molecule has 1 saturated carbocycles. The predicted molar refractivity (Wildman–Crippen MR) is 147 cm³/mol. The van der Waals surface area contributed by atoms with Gasteiger partial charge in [0.1, 0.15) is 11.6 Å². The van der Waals surface area contributed by atoms with Crippen LogP contribution in [0.3, 0.4) is 0 Å². The number of sulfonamides is 1. The maximum atomic E-state index is 13.5. The topological polar surface area (TPSA) is 130 Å². The Morgan fingerprint density at radius 3 is 2.59 bits per heavy atom. The molecular formula is C28H33N5O5S. The zero-order valence-corrected chi connectivity index (χ0v) is 23.1. The van der Waals surface area contributed by atoms with Gasteiger partial charge in [0.25, 0.3) is 5.56 Å². The molecule has 1 unspecified atom stereocenters. The second-order valence-electron chi connectivity index (χ2n) is 9.90. The SMILES string of the molecule is CCOc1ccc(S(=O)(=O)N(C)CC(O)c2ccccc2)cc1-c1nn2c(C3CCCC3)nc(C)c2c(=O)[nH]1. The van der Waals surface area contributed by atoms with Gasteiger partial charge in [-0.05, 0) is 50.5 Å². The predicted octanol–water partition coefficient (Wildman–Crippen LogP) is 3.80. The average Bonchev–Trinajstić information content (AvgIpc) is 3.57. The number of imidazole rings is 1. The first kappa shape index (κ1) is 27.0. The number of rotatable bonds is 9. The van der Waals surface area contributed by atoms with Crippen molar-refractivity contribution in [2.24, 2.45) is 0 Å². The monoisotopic (exact) mass is 551 g/mol. The van der Waals surface area contributed by atoms with Crippen LogP contribution in [0, 0.1) is 6.92 Å². The molecule has 2 heterocycles. The lowest BCUT2D eigenvalue weighted by molar-refractivity contribution is 0.155. The summed E-state index contributed by atoms with van der Waals surface area (Å²) in [6, 6.07) is 13.4. The van der Waals surface area contributed by atoms with E-state index in [1.54, 1.807) is 41.8 Å². The average molecular weight is 552 g/mol. The number of fused-ring (bicyclic) bond motifs is 1. The molecule has 0 amide bonds.